The highest BCUT2D eigenvalue weighted by atomic mass is 16.5. The minimum atomic E-state index is -0.466. The van der Waals surface area contributed by atoms with Gasteiger partial charge in [-0.3, -0.25) is 5.41 Å². The van der Waals surface area contributed by atoms with E-state index in [1.165, 1.54) is 12.8 Å². The van der Waals surface area contributed by atoms with E-state index in [1.54, 1.807) is 20.5 Å². The van der Waals surface area contributed by atoms with Gasteiger partial charge >= 0.3 is 0 Å². The zero-order valence-electron chi connectivity index (χ0n) is 22.4. The van der Waals surface area contributed by atoms with Crippen LogP contribution in [-0.4, -0.2) is 46.4 Å². The maximum absolute atomic E-state index is 8.38. The Hall–Kier alpha value is -4.01. The maximum atomic E-state index is 8.38. The van der Waals surface area contributed by atoms with Gasteiger partial charge in [0.1, 0.15) is 17.9 Å². The van der Waals surface area contributed by atoms with Gasteiger partial charge in [-0.1, -0.05) is 18.2 Å². The number of nitrogens with one attached hydrogen (secondary N) is 2. The summed E-state index contributed by atoms with van der Waals surface area (Å²) in [7, 11) is 3.29. The van der Waals surface area contributed by atoms with Crippen LogP contribution in [0.15, 0.2) is 48.8 Å². The minimum absolute atomic E-state index is 0.149. The molecule has 1 saturated carbocycles. The van der Waals surface area contributed by atoms with E-state index in [0.717, 1.165) is 35.7 Å². The molecule has 5 rings (SSSR count). The maximum Gasteiger partial charge on any atom is 0.173 e. The second-order valence-electron chi connectivity index (χ2n) is 10.3. The van der Waals surface area contributed by atoms with Crippen molar-refractivity contribution in [3.05, 3.63) is 65.7 Å². The molecule has 1 fully saturated rings. The fourth-order valence-electron chi connectivity index (χ4n) is 4.78. The molecule has 0 unspecified atom stereocenters. The average Bonchev–Trinajstić information content (AvgIpc) is 3.61. The molecule has 0 saturated heterocycles. The lowest BCUT2D eigenvalue weighted by molar-refractivity contribution is 0.200. The molecule has 4 aromatic rings. The zero-order chi connectivity index (χ0) is 26.7. The molecule has 0 spiro atoms. The summed E-state index contributed by atoms with van der Waals surface area (Å²) >= 11 is 0. The molecule has 2 aromatic heterocycles. The number of imidazole rings is 1. The third-order valence-corrected chi connectivity index (χ3v) is 7.00. The van der Waals surface area contributed by atoms with Crippen LogP contribution < -0.4 is 24.4 Å². The van der Waals surface area contributed by atoms with Crippen LogP contribution in [0.5, 0.6) is 23.0 Å². The normalized spacial score (nSPS) is 14.1. The summed E-state index contributed by atoms with van der Waals surface area (Å²) in [4.78, 5) is 12.6. The van der Waals surface area contributed by atoms with Crippen LogP contribution in [0.4, 0.5) is 0 Å². The molecule has 0 amide bonds. The van der Waals surface area contributed by atoms with Crippen molar-refractivity contribution < 1.29 is 18.9 Å². The van der Waals surface area contributed by atoms with Crippen molar-refractivity contribution in [3.63, 3.8) is 0 Å². The van der Waals surface area contributed by atoms with Crippen molar-refractivity contribution in [2.45, 2.75) is 57.6 Å². The van der Waals surface area contributed by atoms with Gasteiger partial charge in [0.2, 0.25) is 0 Å². The molecular weight excluding hydrogens is 482 g/mol. The first-order chi connectivity index (χ1) is 18.4. The third kappa shape index (κ3) is 5.32. The number of nitrogens with zero attached hydrogens (tertiary/aromatic N) is 3. The molecule has 200 valence electrons. The number of aromatic amines is 1. The summed E-state index contributed by atoms with van der Waals surface area (Å²) in [6.45, 7) is 5.00. The van der Waals surface area contributed by atoms with E-state index in [4.69, 9.17) is 29.3 Å². The summed E-state index contributed by atoms with van der Waals surface area (Å²) in [5.74, 6) is 3.56. The van der Waals surface area contributed by atoms with Gasteiger partial charge in [-0.05, 0) is 69.4 Å². The summed E-state index contributed by atoms with van der Waals surface area (Å²) in [6.07, 6.45) is 6.45. The Morgan fingerprint density at radius 1 is 1.00 bits per heavy atom. The monoisotopic (exact) mass is 517 g/mol. The second-order valence-corrected chi connectivity index (χ2v) is 10.3. The van der Waals surface area contributed by atoms with E-state index in [-0.39, 0.29) is 11.6 Å². The van der Waals surface area contributed by atoms with Gasteiger partial charge in [0.05, 0.1) is 38.6 Å². The highest BCUT2D eigenvalue weighted by molar-refractivity contribution is 5.69. The molecule has 38 heavy (non-hydrogen) atoms. The van der Waals surface area contributed by atoms with Gasteiger partial charge in [0, 0.05) is 0 Å². The third-order valence-electron chi connectivity index (χ3n) is 7.00. The topological polar surface area (TPSA) is 107 Å². The van der Waals surface area contributed by atoms with Crippen molar-refractivity contribution in [1.29, 1.82) is 5.41 Å². The zero-order valence-corrected chi connectivity index (χ0v) is 22.4. The lowest BCUT2D eigenvalue weighted by Gasteiger charge is -2.23. The van der Waals surface area contributed by atoms with Gasteiger partial charge in [0.25, 0.3) is 0 Å². The number of benzene rings is 2. The number of hydrogen-bond donors (Lipinski definition) is 2. The number of fused-ring (bicyclic) bond motifs is 1. The van der Waals surface area contributed by atoms with E-state index >= 15 is 0 Å². The molecule has 0 radical (unpaired) electrons. The Morgan fingerprint density at radius 3 is 2.45 bits per heavy atom. The van der Waals surface area contributed by atoms with E-state index < -0.39 is 5.41 Å². The molecule has 0 atom stereocenters. The summed E-state index contributed by atoms with van der Waals surface area (Å²) in [5.41, 5.74) is 1.97. The highest BCUT2D eigenvalue weighted by Gasteiger charge is 2.27. The number of rotatable bonds is 10. The van der Waals surface area contributed by atoms with Gasteiger partial charge in [-0.25, -0.2) is 9.97 Å². The highest BCUT2D eigenvalue weighted by Crippen LogP contribution is 2.33. The first-order valence-corrected chi connectivity index (χ1v) is 13.0. The van der Waals surface area contributed by atoms with Gasteiger partial charge in [-0.15, -0.1) is 0 Å². The molecule has 9 heteroatoms. The first-order valence-electron chi connectivity index (χ1n) is 13.0. The van der Waals surface area contributed by atoms with E-state index in [2.05, 4.69) is 23.8 Å². The Kier molecular flexibility index (Phi) is 7.26. The summed E-state index contributed by atoms with van der Waals surface area (Å²) in [6, 6.07) is 13.6. The Morgan fingerprint density at radius 2 is 1.71 bits per heavy atom. The van der Waals surface area contributed by atoms with Crippen LogP contribution in [0.3, 0.4) is 0 Å². The van der Waals surface area contributed by atoms with Crippen LogP contribution in [0.1, 0.15) is 50.9 Å². The number of H-pyrrole nitrogens is 1. The number of hydrogen-bond acceptors (Lipinski definition) is 7. The Bertz CT molecular complexity index is 1470. The molecule has 1 aliphatic rings. The van der Waals surface area contributed by atoms with Crippen molar-refractivity contribution in [1.82, 2.24) is 19.5 Å². The molecule has 2 heterocycles. The van der Waals surface area contributed by atoms with Crippen LogP contribution in [0, 0.1) is 5.41 Å². The Balaban J connectivity index is 1.41. The van der Waals surface area contributed by atoms with Crippen molar-refractivity contribution in [3.8, 4) is 23.0 Å². The molecule has 0 bridgehead atoms. The lowest BCUT2D eigenvalue weighted by Crippen LogP contribution is -2.27. The predicted octanol–water partition coefficient (Wildman–Crippen LogP) is 4.98. The van der Waals surface area contributed by atoms with Crippen molar-refractivity contribution in [2.24, 2.45) is 0 Å². The second kappa shape index (κ2) is 10.8. The summed E-state index contributed by atoms with van der Waals surface area (Å²) < 4.78 is 25.3. The van der Waals surface area contributed by atoms with Gasteiger partial charge < -0.3 is 28.5 Å². The van der Waals surface area contributed by atoms with E-state index in [1.807, 2.05) is 47.0 Å². The van der Waals surface area contributed by atoms with Crippen LogP contribution in [0.2, 0.25) is 0 Å². The number of methoxy groups -OCH3 is 2. The van der Waals surface area contributed by atoms with Crippen LogP contribution in [-0.2, 0) is 12.0 Å². The fourth-order valence-corrected chi connectivity index (χ4v) is 4.78. The van der Waals surface area contributed by atoms with E-state index in [0.29, 0.717) is 35.8 Å². The molecule has 2 aromatic carbocycles. The van der Waals surface area contributed by atoms with Crippen LogP contribution in [0.25, 0.3) is 11.2 Å². The Labute approximate surface area is 222 Å². The fraction of sp³-hybridized carbons (Fsp3) is 0.414. The van der Waals surface area contributed by atoms with E-state index in [9.17, 15) is 0 Å². The molecular formula is C29H35N5O4. The number of aromatic nitrogens is 4. The number of para-hydroxylation sites is 2. The van der Waals surface area contributed by atoms with Crippen molar-refractivity contribution in [2.75, 3.05) is 20.8 Å². The minimum Gasteiger partial charge on any atom is -0.493 e. The van der Waals surface area contributed by atoms with Gasteiger partial charge in [-0.2, -0.15) is 0 Å². The van der Waals surface area contributed by atoms with Crippen molar-refractivity contribution >= 4 is 11.2 Å². The van der Waals surface area contributed by atoms with Crippen LogP contribution >= 0.6 is 0 Å². The largest absolute Gasteiger partial charge is 0.493 e. The lowest BCUT2D eigenvalue weighted by atomic mass is 9.94. The first kappa shape index (κ1) is 25.6. The SMILES string of the molecule is COc1ccccc1OCC(C)(C)c1nc2c([nH]1)c(=N)ncn2Cc1ccc(OC)c(OC2CCCC2)c1. The number of ether oxygens (including phenoxy) is 4. The van der Waals surface area contributed by atoms with Gasteiger partial charge in [0.15, 0.2) is 34.1 Å². The molecule has 9 nitrogen and oxygen atoms in total. The predicted molar refractivity (Wildman–Crippen MR) is 144 cm³/mol. The smallest absolute Gasteiger partial charge is 0.173 e. The summed E-state index contributed by atoms with van der Waals surface area (Å²) in [5, 5.41) is 8.38. The molecule has 2 N–H and O–H groups in total. The quantitative estimate of drug-likeness (QED) is 0.307. The standard InChI is InChI=1S/C29H35N5O4/c1-29(2,17-37-23-12-8-7-11-21(23)35-3)28-32-25-26(30)31-18-34(27(25)33-28)16-19-13-14-22(36-4)24(15-19)38-20-9-5-6-10-20/h7-8,11-15,18,20,30H,5-6,9-10,16-17H2,1-4H3,(H,32,33). The molecule has 1 aliphatic carbocycles. The average molecular weight is 518 g/mol. The molecule has 0 aliphatic heterocycles.